The van der Waals surface area contributed by atoms with Gasteiger partial charge < -0.3 is 9.52 Å². The zero-order valence-corrected chi connectivity index (χ0v) is 11.5. The molecule has 1 saturated heterocycles. The van der Waals surface area contributed by atoms with Gasteiger partial charge in [-0.15, -0.1) is 0 Å². The van der Waals surface area contributed by atoms with E-state index >= 15 is 0 Å². The quantitative estimate of drug-likeness (QED) is 0.931. The van der Waals surface area contributed by atoms with Gasteiger partial charge in [0.2, 0.25) is 0 Å². The minimum absolute atomic E-state index is 0.291. The van der Waals surface area contributed by atoms with Crippen LogP contribution in [0.2, 0.25) is 0 Å². The highest BCUT2D eigenvalue weighted by atomic mass is 16.4. The summed E-state index contributed by atoms with van der Waals surface area (Å²) < 4.78 is 5.80. The number of aliphatic carboxylic acids is 1. The van der Waals surface area contributed by atoms with Crippen molar-refractivity contribution in [3.05, 3.63) is 30.2 Å². The number of likely N-dealkylation sites (tertiary alicyclic amines) is 1. The molecule has 0 aliphatic carbocycles. The molecule has 0 amide bonds. The fraction of sp³-hybridized carbons (Fsp3) is 0.467. The van der Waals surface area contributed by atoms with E-state index in [9.17, 15) is 4.79 Å². The third-order valence-electron chi connectivity index (χ3n) is 4.09. The zero-order valence-electron chi connectivity index (χ0n) is 11.5. The Bertz CT molecular complexity index is 581. The minimum Gasteiger partial charge on any atom is -0.480 e. The molecule has 1 aliphatic heterocycles. The molecule has 2 heterocycles. The van der Waals surface area contributed by atoms with Crippen molar-refractivity contribution < 1.29 is 14.3 Å². The molecule has 5 nitrogen and oxygen atoms in total. The van der Waals surface area contributed by atoms with Crippen LogP contribution in [0.15, 0.2) is 28.7 Å². The average molecular weight is 274 g/mol. The number of benzene rings is 1. The Morgan fingerprint density at radius 2 is 2.10 bits per heavy atom. The Balaban J connectivity index is 1.70. The SMILES string of the molecule is CC(C(=O)O)N1CCC(c2nc3ccccc3o2)CC1. The van der Waals surface area contributed by atoms with Crippen molar-refractivity contribution in [3.8, 4) is 0 Å². The molecule has 1 fully saturated rings. The normalized spacial score (nSPS) is 19.2. The summed E-state index contributed by atoms with van der Waals surface area (Å²) >= 11 is 0. The van der Waals surface area contributed by atoms with Crippen LogP contribution in [0.25, 0.3) is 11.1 Å². The molecule has 1 aliphatic rings. The van der Waals surface area contributed by atoms with Gasteiger partial charge in [0.15, 0.2) is 11.5 Å². The zero-order chi connectivity index (χ0) is 14.1. The van der Waals surface area contributed by atoms with Gasteiger partial charge in [0.05, 0.1) is 0 Å². The number of oxazole rings is 1. The lowest BCUT2D eigenvalue weighted by Gasteiger charge is -2.32. The fourth-order valence-corrected chi connectivity index (χ4v) is 2.75. The number of carboxylic acid groups (broad SMARTS) is 1. The molecule has 0 radical (unpaired) electrons. The molecule has 2 aromatic rings. The van der Waals surface area contributed by atoms with Crippen LogP contribution < -0.4 is 0 Å². The van der Waals surface area contributed by atoms with Crippen LogP contribution in [-0.2, 0) is 4.79 Å². The average Bonchev–Trinajstić information content (AvgIpc) is 2.90. The molecule has 20 heavy (non-hydrogen) atoms. The molecule has 1 aromatic heterocycles. The van der Waals surface area contributed by atoms with Crippen molar-refractivity contribution in [1.82, 2.24) is 9.88 Å². The van der Waals surface area contributed by atoms with Gasteiger partial charge in [-0.1, -0.05) is 12.1 Å². The first-order valence-electron chi connectivity index (χ1n) is 6.97. The third-order valence-corrected chi connectivity index (χ3v) is 4.09. The molecular formula is C15H18N2O3. The van der Waals surface area contributed by atoms with E-state index in [1.807, 2.05) is 29.2 Å². The van der Waals surface area contributed by atoms with Crippen LogP contribution in [0.5, 0.6) is 0 Å². The Hall–Kier alpha value is -1.88. The van der Waals surface area contributed by atoms with E-state index in [1.165, 1.54) is 0 Å². The van der Waals surface area contributed by atoms with E-state index in [4.69, 9.17) is 9.52 Å². The summed E-state index contributed by atoms with van der Waals surface area (Å²) in [5.74, 6) is 0.318. The molecule has 106 valence electrons. The van der Waals surface area contributed by atoms with E-state index in [0.29, 0.717) is 5.92 Å². The van der Waals surface area contributed by atoms with Crippen molar-refractivity contribution in [1.29, 1.82) is 0 Å². The lowest BCUT2D eigenvalue weighted by molar-refractivity contribution is -0.143. The van der Waals surface area contributed by atoms with Crippen LogP contribution >= 0.6 is 0 Å². The van der Waals surface area contributed by atoms with E-state index in [0.717, 1.165) is 42.9 Å². The number of nitrogens with zero attached hydrogens (tertiary/aromatic N) is 2. The van der Waals surface area contributed by atoms with Gasteiger partial charge in [0.1, 0.15) is 11.6 Å². The first-order chi connectivity index (χ1) is 9.65. The molecule has 0 bridgehead atoms. The van der Waals surface area contributed by atoms with E-state index < -0.39 is 12.0 Å². The predicted molar refractivity (Wildman–Crippen MR) is 74.7 cm³/mol. The smallest absolute Gasteiger partial charge is 0.320 e. The standard InChI is InChI=1S/C15H18N2O3/c1-10(15(18)19)17-8-6-11(7-9-17)14-16-12-4-2-3-5-13(12)20-14/h2-5,10-11H,6-9H2,1H3,(H,18,19). The van der Waals surface area contributed by atoms with E-state index in [1.54, 1.807) is 6.92 Å². The maximum atomic E-state index is 11.0. The summed E-state index contributed by atoms with van der Waals surface area (Å²) in [6.45, 7) is 3.29. The number of piperidine rings is 1. The number of aromatic nitrogens is 1. The Morgan fingerprint density at radius 1 is 1.40 bits per heavy atom. The highest BCUT2D eigenvalue weighted by Gasteiger charge is 2.29. The molecule has 0 spiro atoms. The Labute approximate surface area is 117 Å². The first-order valence-corrected chi connectivity index (χ1v) is 6.97. The van der Waals surface area contributed by atoms with Crippen molar-refractivity contribution in [2.75, 3.05) is 13.1 Å². The number of carbonyl (C=O) groups is 1. The highest BCUT2D eigenvalue weighted by molar-refractivity contribution is 5.73. The van der Waals surface area contributed by atoms with Gasteiger partial charge >= 0.3 is 5.97 Å². The Kier molecular flexibility index (Phi) is 3.44. The second-order valence-electron chi connectivity index (χ2n) is 5.34. The van der Waals surface area contributed by atoms with Crippen molar-refractivity contribution >= 4 is 17.1 Å². The monoisotopic (exact) mass is 274 g/mol. The second-order valence-corrected chi connectivity index (χ2v) is 5.34. The lowest BCUT2D eigenvalue weighted by Crippen LogP contribution is -2.43. The minimum atomic E-state index is -0.759. The second kappa shape index (κ2) is 5.25. The van der Waals surface area contributed by atoms with Crippen molar-refractivity contribution in [3.63, 3.8) is 0 Å². The predicted octanol–water partition coefficient (Wildman–Crippen LogP) is 2.48. The summed E-state index contributed by atoms with van der Waals surface area (Å²) in [5.41, 5.74) is 1.72. The summed E-state index contributed by atoms with van der Waals surface area (Å²) in [4.78, 5) is 17.5. The largest absolute Gasteiger partial charge is 0.480 e. The molecule has 1 unspecified atom stereocenters. The van der Waals surface area contributed by atoms with Crippen LogP contribution in [0.4, 0.5) is 0 Å². The topological polar surface area (TPSA) is 66.6 Å². The molecular weight excluding hydrogens is 256 g/mol. The number of fused-ring (bicyclic) bond motifs is 1. The first kappa shape index (κ1) is 13.1. The maximum Gasteiger partial charge on any atom is 0.320 e. The number of carboxylic acids is 1. The summed E-state index contributed by atoms with van der Waals surface area (Å²) in [7, 11) is 0. The maximum absolute atomic E-state index is 11.0. The molecule has 3 rings (SSSR count). The molecule has 1 aromatic carbocycles. The van der Waals surface area contributed by atoms with Gasteiger partial charge in [0.25, 0.3) is 0 Å². The number of para-hydroxylation sites is 2. The van der Waals surface area contributed by atoms with Crippen molar-refractivity contribution in [2.24, 2.45) is 0 Å². The highest BCUT2D eigenvalue weighted by Crippen LogP contribution is 2.30. The van der Waals surface area contributed by atoms with Gasteiger partial charge in [-0.25, -0.2) is 4.98 Å². The van der Waals surface area contributed by atoms with Crippen LogP contribution in [0.1, 0.15) is 31.6 Å². The molecule has 0 saturated carbocycles. The number of hydrogen-bond donors (Lipinski definition) is 1. The van der Waals surface area contributed by atoms with E-state index in [2.05, 4.69) is 4.98 Å². The van der Waals surface area contributed by atoms with Gasteiger partial charge in [-0.05, 0) is 45.0 Å². The van der Waals surface area contributed by atoms with Crippen molar-refractivity contribution in [2.45, 2.75) is 31.7 Å². The van der Waals surface area contributed by atoms with Gasteiger partial charge in [0, 0.05) is 5.92 Å². The fourth-order valence-electron chi connectivity index (χ4n) is 2.75. The number of rotatable bonds is 3. The summed E-state index contributed by atoms with van der Waals surface area (Å²) in [6.07, 6.45) is 1.79. The van der Waals surface area contributed by atoms with Crippen LogP contribution in [0, 0.1) is 0 Å². The van der Waals surface area contributed by atoms with Gasteiger partial charge in [-0.2, -0.15) is 0 Å². The number of hydrogen-bond acceptors (Lipinski definition) is 4. The Morgan fingerprint density at radius 3 is 2.75 bits per heavy atom. The lowest BCUT2D eigenvalue weighted by atomic mass is 9.96. The van der Waals surface area contributed by atoms with Crippen LogP contribution in [0.3, 0.4) is 0 Å². The molecule has 1 N–H and O–H groups in total. The summed E-state index contributed by atoms with van der Waals surface area (Å²) in [5, 5.41) is 9.04. The van der Waals surface area contributed by atoms with E-state index in [-0.39, 0.29) is 0 Å². The molecule has 1 atom stereocenters. The summed E-state index contributed by atoms with van der Waals surface area (Å²) in [6, 6.07) is 7.34. The van der Waals surface area contributed by atoms with Gasteiger partial charge in [-0.3, -0.25) is 9.69 Å². The molecule has 5 heteroatoms. The van der Waals surface area contributed by atoms with Crippen LogP contribution in [-0.4, -0.2) is 40.1 Å². The third kappa shape index (κ3) is 2.41.